The maximum Gasteiger partial charge on any atom is 0.319 e. The largest absolute Gasteiger partial charge is 0.387 e. The van der Waals surface area contributed by atoms with Crippen LogP contribution in [0.25, 0.3) is 0 Å². The Balaban J connectivity index is 1.54. The summed E-state index contributed by atoms with van der Waals surface area (Å²) < 4.78 is 13.0. The lowest BCUT2D eigenvalue weighted by molar-refractivity contribution is 0.0697. The molecule has 0 aliphatic carbocycles. The topological polar surface area (TPSA) is 81.7 Å². The lowest BCUT2D eigenvalue weighted by Gasteiger charge is -2.30. The van der Waals surface area contributed by atoms with Gasteiger partial charge < -0.3 is 20.6 Å². The van der Waals surface area contributed by atoms with Gasteiger partial charge in [0, 0.05) is 30.9 Å². The van der Waals surface area contributed by atoms with Gasteiger partial charge in [0.2, 0.25) is 0 Å². The molecule has 1 unspecified atom stereocenters. The Hall–Kier alpha value is -2.93. The summed E-state index contributed by atoms with van der Waals surface area (Å²) in [5.74, 6) is 0.287. The van der Waals surface area contributed by atoms with E-state index in [0.29, 0.717) is 22.7 Å². The molecule has 30 heavy (non-hydrogen) atoms. The molecule has 0 saturated carbocycles. The highest BCUT2D eigenvalue weighted by Gasteiger charge is 2.22. The van der Waals surface area contributed by atoms with Crippen LogP contribution in [0.2, 0.25) is 0 Å². The molecule has 3 amide bonds. The number of likely N-dealkylation sites (tertiary alicyclic amines) is 1. The Morgan fingerprint density at radius 3 is 2.47 bits per heavy atom. The number of benzene rings is 2. The van der Waals surface area contributed by atoms with Gasteiger partial charge in [-0.3, -0.25) is 4.79 Å². The van der Waals surface area contributed by atoms with Crippen molar-refractivity contribution in [2.24, 2.45) is 5.92 Å². The van der Waals surface area contributed by atoms with Crippen LogP contribution in [0.4, 0.5) is 14.9 Å². The third-order valence-corrected chi connectivity index (χ3v) is 5.50. The van der Waals surface area contributed by atoms with Crippen LogP contribution >= 0.6 is 0 Å². The van der Waals surface area contributed by atoms with Crippen molar-refractivity contribution in [2.75, 3.05) is 25.0 Å². The molecule has 160 valence electrons. The number of aryl methyl sites for hydroxylation is 1. The van der Waals surface area contributed by atoms with E-state index in [1.165, 1.54) is 24.3 Å². The monoisotopic (exact) mass is 413 g/mol. The molecule has 1 saturated heterocycles. The van der Waals surface area contributed by atoms with Crippen molar-refractivity contribution >= 4 is 17.6 Å². The fraction of sp³-hybridized carbons (Fsp3) is 0.391. The number of nitrogens with zero attached hydrogens (tertiary/aromatic N) is 1. The van der Waals surface area contributed by atoms with Gasteiger partial charge in [-0.15, -0.1) is 0 Å². The van der Waals surface area contributed by atoms with Gasteiger partial charge in [-0.1, -0.05) is 19.1 Å². The second kappa shape index (κ2) is 9.71. The number of nitrogens with one attached hydrogen (secondary N) is 2. The van der Waals surface area contributed by atoms with E-state index in [-0.39, 0.29) is 18.3 Å². The minimum Gasteiger partial charge on any atom is -0.387 e. The minimum absolute atomic E-state index is 0.0134. The van der Waals surface area contributed by atoms with E-state index < -0.39 is 12.1 Å². The highest BCUT2D eigenvalue weighted by molar-refractivity contribution is 5.96. The molecule has 2 aromatic rings. The Morgan fingerprint density at radius 1 is 1.17 bits per heavy atom. The van der Waals surface area contributed by atoms with Crippen molar-refractivity contribution in [1.82, 2.24) is 10.2 Å². The Labute approximate surface area is 176 Å². The zero-order valence-corrected chi connectivity index (χ0v) is 17.3. The van der Waals surface area contributed by atoms with Crippen molar-refractivity contribution in [1.29, 1.82) is 0 Å². The van der Waals surface area contributed by atoms with E-state index >= 15 is 0 Å². The third kappa shape index (κ3) is 5.57. The summed E-state index contributed by atoms with van der Waals surface area (Å²) in [6, 6.07) is 10.2. The highest BCUT2D eigenvalue weighted by atomic mass is 19.1. The van der Waals surface area contributed by atoms with Crippen LogP contribution in [0.5, 0.6) is 0 Å². The maximum absolute atomic E-state index is 13.0. The van der Waals surface area contributed by atoms with Gasteiger partial charge in [0.15, 0.2) is 0 Å². The molecule has 1 aliphatic rings. The van der Waals surface area contributed by atoms with E-state index in [2.05, 4.69) is 17.6 Å². The molecule has 1 atom stereocenters. The molecule has 1 heterocycles. The quantitative estimate of drug-likeness (QED) is 0.696. The number of hydrogen-bond donors (Lipinski definition) is 3. The normalized spacial score (nSPS) is 15.5. The van der Waals surface area contributed by atoms with E-state index in [1.54, 1.807) is 18.2 Å². The molecule has 0 bridgehead atoms. The predicted octanol–water partition coefficient (Wildman–Crippen LogP) is 3.86. The second-order valence-electron chi connectivity index (χ2n) is 7.91. The first-order valence-corrected chi connectivity index (χ1v) is 10.2. The molecule has 3 rings (SSSR count). The fourth-order valence-corrected chi connectivity index (χ4v) is 3.49. The molecule has 7 heteroatoms. The minimum atomic E-state index is -0.940. The molecule has 0 radical (unpaired) electrons. The molecule has 1 fully saturated rings. The lowest BCUT2D eigenvalue weighted by Crippen LogP contribution is -2.38. The number of anilines is 1. The molecule has 1 aliphatic heterocycles. The Kier molecular flexibility index (Phi) is 7.05. The summed E-state index contributed by atoms with van der Waals surface area (Å²) >= 11 is 0. The highest BCUT2D eigenvalue weighted by Crippen LogP contribution is 2.21. The number of urea groups is 1. The first-order valence-electron chi connectivity index (χ1n) is 10.2. The summed E-state index contributed by atoms with van der Waals surface area (Å²) in [5, 5.41) is 15.4. The molecular weight excluding hydrogens is 385 g/mol. The number of carbonyl (C=O) groups is 2. The van der Waals surface area contributed by atoms with Crippen molar-refractivity contribution in [3.05, 3.63) is 65.0 Å². The first kappa shape index (κ1) is 21.8. The number of carbonyl (C=O) groups excluding carboxylic acids is 2. The number of rotatable bonds is 5. The summed E-state index contributed by atoms with van der Waals surface area (Å²) in [6.07, 6.45) is 1.10. The van der Waals surface area contributed by atoms with Crippen molar-refractivity contribution in [3.8, 4) is 0 Å². The van der Waals surface area contributed by atoms with Gasteiger partial charge in [-0.05, 0) is 67.1 Å². The van der Waals surface area contributed by atoms with Crippen molar-refractivity contribution in [3.63, 3.8) is 0 Å². The van der Waals surface area contributed by atoms with E-state index in [9.17, 15) is 19.1 Å². The SMILES string of the molecule is Cc1cc(C(=O)N2CCC(C)CC2)ccc1NC(=O)NCC(O)c1ccc(F)cc1. The van der Waals surface area contributed by atoms with Gasteiger partial charge in [0.25, 0.3) is 5.91 Å². The smallest absolute Gasteiger partial charge is 0.319 e. The number of aliphatic hydroxyl groups excluding tert-OH is 1. The number of halogens is 1. The van der Waals surface area contributed by atoms with Crippen LogP contribution in [0.15, 0.2) is 42.5 Å². The van der Waals surface area contributed by atoms with Crippen LogP contribution in [0.1, 0.15) is 47.4 Å². The van der Waals surface area contributed by atoms with Gasteiger partial charge in [-0.2, -0.15) is 0 Å². The molecule has 2 aromatic carbocycles. The molecular formula is C23H28FN3O3. The van der Waals surface area contributed by atoms with Crippen molar-refractivity contribution < 1.29 is 19.1 Å². The zero-order valence-electron chi connectivity index (χ0n) is 17.3. The van der Waals surface area contributed by atoms with Crippen LogP contribution in [0, 0.1) is 18.7 Å². The van der Waals surface area contributed by atoms with Gasteiger partial charge in [0.1, 0.15) is 5.82 Å². The fourth-order valence-electron chi connectivity index (χ4n) is 3.49. The zero-order chi connectivity index (χ0) is 21.7. The average molecular weight is 413 g/mol. The van der Waals surface area contributed by atoms with E-state index in [0.717, 1.165) is 31.5 Å². The maximum atomic E-state index is 13.0. The first-order chi connectivity index (χ1) is 14.3. The summed E-state index contributed by atoms with van der Waals surface area (Å²) in [6.45, 7) is 5.57. The number of piperidine rings is 1. The number of amides is 3. The Morgan fingerprint density at radius 2 is 1.83 bits per heavy atom. The van der Waals surface area contributed by atoms with Crippen LogP contribution in [-0.2, 0) is 0 Å². The number of hydrogen-bond acceptors (Lipinski definition) is 3. The average Bonchev–Trinajstić information content (AvgIpc) is 2.74. The standard InChI is InChI=1S/C23H28FN3O3/c1-15-9-11-27(12-10-15)22(29)18-5-8-20(16(2)13-18)26-23(30)25-14-21(28)17-3-6-19(24)7-4-17/h3-8,13,15,21,28H,9-12,14H2,1-2H3,(H2,25,26,30). The summed E-state index contributed by atoms with van der Waals surface area (Å²) in [5.41, 5.74) is 2.50. The van der Waals surface area contributed by atoms with Gasteiger partial charge >= 0.3 is 6.03 Å². The molecule has 6 nitrogen and oxygen atoms in total. The molecule has 0 aromatic heterocycles. The van der Waals surface area contributed by atoms with E-state index in [1.807, 2.05) is 11.8 Å². The second-order valence-corrected chi connectivity index (χ2v) is 7.91. The van der Waals surface area contributed by atoms with Crippen LogP contribution in [0.3, 0.4) is 0 Å². The van der Waals surface area contributed by atoms with Crippen LogP contribution < -0.4 is 10.6 Å². The predicted molar refractivity (Wildman–Crippen MR) is 114 cm³/mol. The molecule has 3 N–H and O–H groups in total. The molecule has 0 spiro atoms. The van der Waals surface area contributed by atoms with E-state index in [4.69, 9.17) is 0 Å². The Bertz CT molecular complexity index is 893. The summed E-state index contributed by atoms with van der Waals surface area (Å²) in [7, 11) is 0. The summed E-state index contributed by atoms with van der Waals surface area (Å²) in [4.78, 5) is 26.8. The number of aliphatic hydroxyl groups is 1. The lowest BCUT2D eigenvalue weighted by atomic mass is 9.98. The van der Waals surface area contributed by atoms with Gasteiger partial charge in [0.05, 0.1) is 6.10 Å². The van der Waals surface area contributed by atoms with Crippen molar-refractivity contribution in [2.45, 2.75) is 32.8 Å². The third-order valence-electron chi connectivity index (χ3n) is 5.50. The van der Waals surface area contributed by atoms with Gasteiger partial charge in [-0.25, -0.2) is 9.18 Å². The van der Waals surface area contributed by atoms with Crippen LogP contribution in [-0.4, -0.2) is 41.6 Å².